The molecule has 2 atom stereocenters. The van der Waals surface area contributed by atoms with E-state index >= 15 is 0 Å². The Hall–Kier alpha value is -1.59. The van der Waals surface area contributed by atoms with Crippen molar-refractivity contribution in [3.63, 3.8) is 0 Å². The van der Waals surface area contributed by atoms with Crippen molar-refractivity contribution in [1.29, 1.82) is 0 Å². The van der Waals surface area contributed by atoms with Crippen LogP contribution in [0.15, 0.2) is 0 Å². The van der Waals surface area contributed by atoms with E-state index in [9.17, 15) is 14.4 Å². The number of hydrogen-bond acceptors (Lipinski definition) is 3. The number of carboxylic acid groups (broad SMARTS) is 1. The third kappa shape index (κ3) is 3.94. The summed E-state index contributed by atoms with van der Waals surface area (Å²) in [5.41, 5.74) is -0.552. The van der Waals surface area contributed by atoms with E-state index in [-0.39, 0.29) is 18.4 Å². The van der Waals surface area contributed by atoms with Gasteiger partial charge in [-0.3, -0.25) is 14.4 Å². The minimum atomic E-state index is -0.873. The van der Waals surface area contributed by atoms with E-state index in [0.29, 0.717) is 13.0 Å². The largest absolute Gasteiger partial charge is 0.481 e. The molecule has 2 amide bonds. The quantitative estimate of drug-likeness (QED) is 0.780. The molecule has 1 heterocycles. The summed E-state index contributed by atoms with van der Waals surface area (Å²) >= 11 is 0. The maximum absolute atomic E-state index is 12.1. The molecular formula is C13H22N2O4. The molecule has 0 saturated carbocycles. The van der Waals surface area contributed by atoms with E-state index in [0.717, 1.165) is 0 Å². The number of amides is 2. The van der Waals surface area contributed by atoms with Crippen molar-refractivity contribution in [3.05, 3.63) is 0 Å². The minimum absolute atomic E-state index is 0.192. The van der Waals surface area contributed by atoms with Crippen LogP contribution in [0.2, 0.25) is 0 Å². The van der Waals surface area contributed by atoms with E-state index in [1.807, 2.05) is 0 Å². The maximum atomic E-state index is 12.1. The van der Waals surface area contributed by atoms with Crippen molar-refractivity contribution in [3.8, 4) is 0 Å². The Bertz CT molecular complexity index is 387. The number of likely N-dealkylation sites (tertiary alicyclic amines) is 1. The Balaban J connectivity index is 2.55. The number of rotatable bonds is 3. The van der Waals surface area contributed by atoms with Crippen LogP contribution in [0.5, 0.6) is 0 Å². The summed E-state index contributed by atoms with van der Waals surface area (Å²) in [4.78, 5) is 36.2. The average Bonchev–Trinajstić information content (AvgIpc) is 2.75. The Morgan fingerprint density at radius 3 is 2.32 bits per heavy atom. The molecular weight excluding hydrogens is 248 g/mol. The predicted octanol–water partition coefficient (Wildman–Crippen LogP) is 0.470. The van der Waals surface area contributed by atoms with Crippen LogP contribution in [0.4, 0.5) is 0 Å². The summed E-state index contributed by atoms with van der Waals surface area (Å²) in [5, 5.41) is 11.6. The Morgan fingerprint density at radius 1 is 1.32 bits per heavy atom. The van der Waals surface area contributed by atoms with Crippen LogP contribution in [0, 0.1) is 11.3 Å². The molecule has 1 fully saturated rings. The van der Waals surface area contributed by atoms with Crippen molar-refractivity contribution >= 4 is 17.8 Å². The maximum Gasteiger partial charge on any atom is 0.308 e. The highest BCUT2D eigenvalue weighted by atomic mass is 16.4. The molecule has 6 nitrogen and oxygen atoms in total. The van der Waals surface area contributed by atoms with Gasteiger partial charge in [0.2, 0.25) is 11.8 Å². The summed E-state index contributed by atoms with van der Waals surface area (Å²) in [6.07, 6.45) is 0.473. The molecule has 1 aliphatic rings. The second kappa shape index (κ2) is 5.59. The smallest absolute Gasteiger partial charge is 0.308 e. The fourth-order valence-corrected chi connectivity index (χ4v) is 1.91. The lowest BCUT2D eigenvalue weighted by molar-refractivity contribution is -0.142. The van der Waals surface area contributed by atoms with Crippen LogP contribution >= 0.6 is 0 Å². The molecule has 0 aromatic heterocycles. The van der Waals surface area contributed by atoms with Gasteiger partial charge in [0.15, 0.2) is 0 Å². The first kappa shape index (κ1) is 15.5. The molecule has 108 valence electrons. The van der Waals surface area contributed by atoms with Gasteiger partial charge in [-0.25, -0.2) is 0 Å². The number of carbonyl (C=O) groups is 3. The predicted molar refractivity (Wildman–Crippen MR) is 69.4 cm³/mol. The van der Waals surface area contributed by atoms with E-state index < -0.39 is 23.3 Å². The third-order valence-electron chi connectivity index (χ3n) is 3.25. The normalized spacial score (nSPS) is 21.1. The topological polar surface area (TPSA) is 86.7 Å². The van der Waals surface area contributed by atoms with Gasteiger partial charge in [0.25, 0.3) is 0 Å². The van der Waals surface area contributed by atoms with Crippen LogP contribution in [-0.4, -0.2) is 46.9 Å². The second-order valence-electron chi connectivity index (χ2n) is 6.05. The molecule has 1 saturated heterocycles. The fraction of sp³-hybridized carbons (Fsp3) is 0.769. The Kier molecular flexibility index (Phi) is 4.55. The zero-order valence-corrected chi connectivity index (χ0v) is 11.9. The lowest BCUT2D eigenvalue weighted by Gasteiger charge is -2.25. The van der Waals surface area contributed by atoms with Crippen LogP contribution in [0.25, 0.3) is 0 Å². The molecule has 0 aliphatic carbocycles. The standard InChI is InChI=1S/C13H22N2O4/c1-8(14-12(19)13(2,3)4)10(16)15-6-5-9(7-15)11(17)18/h8-9H,5-7H2,1-4H3,(H,14,19)(H,17,18). The van der Waals surface area contributed by atoms with Gasteiger partial charge in [0.1, 0.15) is 6.04 Å². The van der Waals surface area contributed by atoms with Crippen molar-refractivity contribution < 1.29 is 19.5 Å². The number of hydrogen-bond donors (Lipinski definition) is 2. The number of nitrogens with zero attached hydrogens (tertiary/aromatic N) is 1. The molecule has 1 rings (SSSR count). The van der Waals surface area contributed by atoms with Crippen molar-refractivity contribution in [2.45, 2.75) is 40.2 Å². The number of aliphatic carboxylic acids is 1. The number of nitrogens with one attached hydrogen (secondary N) is 1. The van der Waals surface area contributed by atoms with E-state index in [1.165, 1.54) is 4.90 Å². The molecule has 6 heteroatoms. The molecule has 0 spiro atoms. The van der Waals surface area contributed by atoms with Crippen LogP contribution in [-0.2, 0) is 14.4 Å². The van der Waals surface area contributed by atoms with Gasteiger partial charge in [0.05, 0.1) is 5.92 Å². The van der Waals surface area contributed by atoms with Gasteiger partial charge in [-0.05, 0) is 13.3 Å². The average molecular weight is 270 g/mol. The molecule has 0 aromatic carbocycles. The Morgan fingerprint density at radius 2 is 1.89 bits per heavy atom. The monoisotopic (exact) mass is 270 g/mol. The first-order valence-corrected chi connectivity index (χ1v) is 6.45. The van der Waals surface area contributed by atoms with Crippen LogP contribution in [0.1, 0.15) is 34.1 Å². The number of carbonyl (C=O) groups excluding carboxylic acids is 2. The minimum Gasteiger partial charge on any atom is -0.481 e. The van der Waals surface area contributed by atoms with Gasteiger partial charge in [-0.15, -0.1) is 0 Å². The first-order valence-electron chi connectivity index (χ1n) is 6.45. The fourth-order valence-electron chi connectivity index (χ4n) is 1.91. The zero-order chi connectivity index (χ0) is 14.8. The molecule has 1 aliphatic heterocycles. The molecule has 2 N–H and O–H groups in total. The highest BCUT2D eigenvalue weighted by Crippen LogP contribution is 2.18. The van der Waals surface area contributed by atoms with Crippen molar-refractivity contribution in [2.75, 3.05) is 13.1 Å². The zero-order valence-electron chi connectivity index (χ0n) is 11.9. The molecule has 0 bridgehead atoms. The third-order valence-corrected chi connectivity index (χ3v) is 3.25. The van der Waals surface area contributed by atoms with Gasteiger partial charge < -0.3 is 15.3 Å². The van der Waals surface area contributed by atoms with E-state index in [1.54, 1.807) is 27.7 Å². The van der Waals surface area contributed by atoms with Gasteiger partial charge in [0, 0.05) is 18.5 Å². The lowest BCUT2D eigenvalue weighted by atomic mass is 9.95. The SMILES string of the molecule is CC(NC(=O)C(C)(C)C)C(=O)N1CCC(C(=O)O)C1. The molecule has 2 unspecified atom stereocenters. The van der Waals surface area contributed by atoms with Gasteiger partial charge in [-0.2, -0.15) is 0 Å². The number of carboxylic acids is 1. The molecule has 0 aromatic rings. The Labute approximate surface area is 113 Å². The van der Waals surface area contributed by atoms with E-state index in [4.69, 9.17) is 5.11 Å². The summed E-state index contributed by atoms with van der Waals surface area (Å²) in [5.74, 6) is -1.78. The summed E-state index contributed by atoms with van der Waals surface area (Å²) in [7, 11) is 0. The highest BCUT2D eigenvalue weighted by Gasteiger charge is 2.34. The van der Waals surface area contributed by atoms with Gasteiger partial charge >= 0.3 is 5.97 Å². The second-order valence-corrected chi connectivity index (χ2v) is 6.05. The first-order chi connectivity index (χ1) is 8.62. The molecule has 0 radical (unpaired) electrons. The molecule has 19 heavy (non-hydrogen) atoms. The van der Waals surface area contributed by atoms with E-state index in [2.05, 4.69) is 5.32 Å². The highest BCUT2D eigenvalue weighted by molar-refractivity contribution is 5.89. The summed E-state index contributed by atoms with van der Waals surface area (Å²) in [6.45, 7) is 7.61. The van der Waals surface area contributed by atoms with Crippen LogP contribution in [0.3, 0.4) is 0 Å². The van der Waals surface area contributed by atoms with Gasteiger partial charge in [-0.1, -0.05) is 20.8 Å². The van der Waals surface area contributed by atoms with Crippen molar-refractivity contribution in [1.82, 2.24) is 10.2 Å². The summed E-state index contributed by atoms with van der Waals surface area (Å²) in [6, 6.07) is -0.626. The summed E-state index contributed by atoms with van der Waals surface area (Å²) < 4.78 is 0. The van der Waals surface area contributed by atoms with Crippen LogP contribution < -0.4 is 5.32 Å². The lowest BCUT2D eigenvalue weighted by Crippen LogP contribution is -2.49. The van der Waals surface area contributed by atoms with Crippen molar-refractivity contribution in [2.24, 2.45) is 11.3 Å².